The van der Waals surface area contributed by atoms with E-state index in [1.165, 1.54) is 0 Å². The minimum Gasteiger partial charge on any atom is -0.330 e. The summed E-state index contributed by atoms with van der Waals surface area (Å²) in [6.45, 7) is 0.688. The van der Waals surface area contributed by atoms with Gasteiger partial charge in [0.15, 0.2) is 5.82 Å². The van der Waals surface area contributed by atoms with Crippen LogP contribution in [0.4, 0.5) is 10.5 Å². The van der Waals surface area contributed by atoms with Crippen molar-refractivity contribution in [2.24, 2.45) is 5.73 Å². The molecular weight excluding hydrogens is 234 g/mol. The third kappa shape index (κ3) is 3.25. The summed E-state index contributed by atoms with van der Waals surface area (Å²) in [6, 6.07) is 6.95. The maximum Gasteiger partial charge on any atom is 0.319 e. The summed E-state index contributed by atoms with van der Waals surface area (Å²) in [7, 11) is 0. The number of H-pyrrole nitrogens is 1. The second-order valence-corrected chi connectivity index (χ2v) is 3.54. The Morgan fingerprint density at radius 2 is 2.11 bits per heavy atom. The van der Waals surface area contributed by atoms with E-state index in [2.05, 4.69) is 31.3 Å². The van der Waals surface area contributed by atoms with Gasteiger partial charge in [-0.2, -0.15) is 5.21 Å². The predicted molar refractivity (Wildman–Crippen MR) is 64.4 cm³/mol. The van der Waals surface area contributed by atoms with Crippen molar-refractivity contribution >= 4 is 11.7 Å². The number of urea groups is 1. The second kappa shape index (κ2) is 5.73. The summed E-state index contributed by atoms with van der Waals surface area (Å²) < 4.78 is 0. The number of carbonyl (C=O) groups is 1. The first-order valence-electron chi connectivity index (χ1n) is 5.34. The van der Waals surface area contributed by atoms with Gasteiger partial charge in [0.25, 0.3) is 0 Å². The molecular formula is C10H13N7O. The molecule has 0 aliphatic carbocycles. The van der Waals surface area contributed by atoms with Gasteiger partial charge in [0, 0.05) is 12.2 Å². The Labute approximate surface area is 103 Å². The molecule has 0 saturated carbocycles. The number of nitrogens with zero attached hydrogens (tertiary/aromatic N) is 3. The van der Waals surface area contributed by atoms with Crippen LogP contribution < -0.4 is 16.4 Å². The molecule has 8 heteroatoms. The van der Waals surface area contributed by atoms with Gasteiger partial charge in [0.05, 0.1) is 6.54 Å². The summed E-state index contributed by atoms with van der Waals surface area (Å²) in [4.78, 5) is 11.5. The summed E-state index contributed by atoms with van der Waals surface area (Å²) in [5.41, 5.74) is 7.18. The van der Waals surface area contributed by atoms with Crippen molar-refractivity contribution in [2.45, 2.75) is 13.1 Å². The van der Waals surface area contributed by atoms with Gasteiger partial charge in [-0.15, -0.1) is 10.2 Å². The Bertz CT molecular complexity index is 493. The van der Waals surface area contributed by atoms with Gasteiger partial charge in [-0.3, -0.25) is 0 Å². The highest BCUT2D eigenvalue weighted by atomic mass is 16.2. The number of aromatic amines is 1. The minimum absolute atomic E-state index is 0.212. The molecule has 0 spiro atoms. The largest absolute Gasteiger partial charge is 0.330 e. The third-order valence-corrected chi connectivity index (χ3v) is 2.24. The van der Waals surface area contributed by atoms with Crippen LogP contribution in [0.5, 0.6) is 0 Å². The molecule has 2 amide bonds. The Morgan fingerprint density at radius 3 is 2.72 bits per heavy atom. The number of carbonyl (C=O) groups excluding carboxylic acids is 1. The number of nitrogens with two attached hydrogens (primary N) is 1. The number of anilines is 1. The van der Waals surface area contributed by atoms with Gasteiger partial charge >= 0.3 is 6.03 Å². The molecule has 94 valence electrons. The van der Waals surface area contributed by atoms with E-state index in [4.69, 9.17) is 5.73 Å². The van der Waals surface area contributed by atoms with E-state index in [0.29, 0.717) is 18.1 Å². The topological polar surface area (TPSA) is 122 Å². The highest BCUT2D eigenvalue weighted by Gasteiger charge is 2.03. The standard InChI is InChI=1S/C10H13N7O/c11-5-7-1-3-8(4-2-7)13-10(18)12-6-9-14-16-17-15-9/h1-4H,5-6,11H2,(H2,12,13,18)(H,14,15,16,17). The molecule has 0 unspecified atom stereocenters. The normalized spacial score (nSPS) is 10.1. The van der Waals surface area contributed by atoms with E-state index in [1.807, 2.05) is 12.1 Å². The van der Waals surface area contributed by atoms with Gasteiger partial charge < -0.3 is 16.4 Å². The van der Waals surface area contributed by atoms with Crippen LogP contribution >= 0.6 is 0 Å². The lowest BCUT2D eigenvalue weighted by atomic mass is 10.2. The van der Waals surface area contributed by atoms with Crippen LogP contribution in [0.2, 0.25) is 0 Å². The van der Waals surface area contributed by atoms with E-state index in [9.17, 15) is 4.79 Å². The summed E-state index contributed by atoms with van der Waals surface area (Å²) in [5, 5.41) is 18.4. The van der Waals surface area contributed by atoms with Gasteiger partial charge in [0.1, 0.15) is 0 Å². The molecule has 18 heavy (non-hydrogen) atoms. The molecule has 0 aliphatic heterocycles. The molecule has 8 nitrogen and oxygen atoms in total. The molecule has 2 aromatic rings. The molecule has 0 fully saturated rings. The quantitative estimate of drug-likeness (QED) is 0.605. The smallest absolute Gasteiger partial charge is 0.319 e. The van der Waals surface area contributed by atoms with Gasteiger partial charge in [-0.05, 0) is 17.7 Å². The van der Waals surface area contributed by atoms with Crippen LogP contribution in [0.1, 0.15) is 11.4 Å². The fourth-order valence-electron chi connectivity index (χ4n) is 1.32. The molecule has 1 aromatic heterocycles. The van der Waals surface area contributed by atoms with Crippen LogP contribution in [0.3, 0.4) is 0 Å². The number of amides is 2. The Kier molecular flexibility index (Phi) is 3.82. The summed E-state index contributed by atoms with van der Waals surface area (Å²) in [5.74, 6) is 0.420. The molecule has 2 rings (SSSR count). The van der Waals surface area contributed by atoms with Gasteiger partial charge in [-0.1, -0.05) is 17.3 Å². The van der Waals surface area contributed by atoms with E-state index in [1.54, 1.807) is 12.1 Å². The Hall–Kier alpha value is -2.48. The fraction of sp³-hybridized carbons (Fsp3) is 0.200. The van der Waals surface area contributed by atoms with Gasteiger partial charge in [-0.25, -0.2) is 4.79 Å². The number of aromatic nitrogens is 4. The molecule has 1 heterocycles. The zero-order valence-corrected chi connectivity index (χ0v) is 9.55. The van der Waals surface area contributed by atoms with E-state index < -0.39 is 0 Å². The third-order valence-electron chi connectivity index (χ3n) is 2.24. The molecule has 5 N–H and O–H groups in total. The monoisotopic (exact) mass is 247 g/mol. The molecule has 0 bridgehead atoms. The van der Waals surface area contributed by atoms with Crippen molar-refractivity contribution in [3.8, 4) is 0 Å². The SMILES string of the molecule is NCc1ccc(NC(=O)NCc2nn[nH]n2)cc1. The molecule has 0 aliphatic rings. The lowest BCUT2D eigenvalue weighted by Gasteiger charge is -2.06. The zero-order valence-electron chi connectivity index (χ0n) is 9.55. The van der Waals surface area contributed by atoms with Crippen LogP contribution in [-0.4, -0.2) is 26.7 Å². The number of benzene rings is 1. The number of tetrazole rings is 1. The first-order chi connectivity index (χ1) is 8.78. The highest BCUT2D eigenvalue weighted by Crippen LogP contribution is 2.08. The van der Waals surface area contributed by atoms with Crippen molar-refractivity contribution in [2.75, 3.05) is 5.32 Å². The summed E-state index contributed by atoms with van der Waals surface area (Å²) in [6.07, 6.45) is 0. The fourth-order valence-corrected chi connectivity index (χ4v) is 1.32. The molecule has 1 aromatic carbocycles. The van der Waals surface area contributed by atoms with Crippen molar-refractivity contribution in [1.29, 1.82) is 0 Å². The number of hydrogen-bond donors (Lipinski definition) is 4. The number of hydrogen-bond acceptors (Lipinski definition) is 5. The average Bonchev–Trinajstić information content (AvgIpc) is 2.90. The molecule has 0 saturated heterocycles. The van der Waals surface area contributed by atoms with Crippen LogP contribution in [0.15, 0.2) is 24.3 Å². The lowest BCUT2D eigenvalue weighted by Crippen LogP contribution is -2.28. The van der Waals surface area contributed by atoms with E-state index in [-0.39, 0.29) is 12.6 Å². The maximum atomic E-state index is 11.5. The maximum absolute atomic E-state index is 11.5. The predicted octanol–water partition coefficient (Wildman–Crippen LogP) is -0.0199. The van der Waals surface area contributed by atoms with E-state index in [0.717, 1.165) is 5.56 Å². The van der Waals surface area contributed by atoms with Crippen molar-refractivity contribution < 1.29 is 4.79 Å². The molecule has 0 radical (unpaired) electrons. The second-order valence-electron chi connectivity index (χ2n) is 3.54. The van der Waals surface area contributed by atoms with Crippen molar-refractivity contribution in [3.05, 3.63) is 35.7 Å². The zero-order chi connectivity index (χ0) is 12.8. The average molecular weight is 247 g/mol. The highest BCUT2D eigenvalue weighted by molar-refractivity contribution is 5.89. The Balaban J connectivity index is 1.83. The van der Waals surface area contributed by atoms with Crippen LogP contribution in [0, 0.1) is 0 Å². The van der Waals surface area contributed by atoms with Crippen molar-refractivity contribution in [3.63, 3.8) is 0 Å². The first-order valence-corrected chi connectivity index (χ1v) is 5.34. The van der Waals surface area contributed by atoms with Crippen molar-refractivity contribution in [1.82, 2.24) is 25.9 Å². The number of nitrogens with one attached hydrogen (secondary N) is 3. The van der Waals surface area contributed by atoms with Crippen LogP contribution in [0.25, 0.3) is 0 Å². The lowest BCUT2D eigenvalue weighted by molar-refractivity contribution is 0.251. The number of rotatable bonds is 4. The van der Waals surface area contributed by atoms with Crippen LogP contribution in [-0.2, 0) is 13.1 Å². The molecule has 0 atom stereocenters. The minimum atomic E-state index is -0.333. The van der Waals surface area contributed by atoms with Gasteiger partial charge in [0.2, 0.25) is 0 Å². The first kappa shape index (κ1) is 12.0. The summed E-state index contributed by atoms with van der Waals surface area (Å²) >= 11 is 0. The Morgan fingerprint density at radius 1 is 1.33 bits per heavy atom. The van der Waals surface area contributed by atoms with E-state index >= 15 is 0 Å².